The van der Waals surface area contributed by atoms with Gasteiger partial charge in [-0.15, -0.1) is 0 Å². The Morgan fingerprint density at radius 2 is 1.80 bits per heavy atom. The number of pyridine rings is 1. The third kappa shape index (κ3) is 3.17. The van der Waals surface area contributed by atoms with Crippen molar-refractivity contribution in [2.24, 2.45) is 5.92 Å². The molecule has 1 aromatic rings. The number of carbonyl (C=O) groups excluding carboxylic acids is 2. The summed E-state index contributed by atoms with van der Waals surface area (Å²) in [7, 11) is 0. The molecule has 2 heterocycles. The standard InChI is InChI=1S/C14H18BrN3O2/c1-10(2)13(19)17-6-8-18(9-7-17)14(20)11-4-3-5-16-12(11)15/h3-5,10H,6-9H2,1-2H3. The molecule has 0 aromatic carbocycles. The third-order valence-corrected chi connectivity index (χ3v) is 3.99. The van der Waals surface area contributed by atoms with Crippen LogP contribution in [-0.4, -0.2) is 52.8 Å². The van der Waals surface area contributed by atoms with Crippen LogP contribution in [0.25, 0.3) is 0 Å². The van der Waals surface area contributed by atoms with Gasteiger partial charge in [-0.2, -0.15) is 0 Å². The molecule has 108 valence electrons. The van der Waals surface area contributed by atoms with Gasteiger partial charge in [0.25, 0.3) is 5.91 Å². The Kier molecular flexibility index (Phi) is 4.75. The zero-order valence-electron chi connectivity index (χ0n) is 11.7. The van der Waals surface area contributed by atoms with Gasteiger partial charge in [0.15, 0.2) is 0 Å². The second kappa shape index (κ2) is 6.35. The smallest absolute Gasteiger partial charge is 0.256 e. The summed E-state index contributed by atoms with van der Waals surface area (Å²) in [5.41, 5.74) is 0.566. The number of aromatic nitrogens is 1. The highest BCUT2D eigenvalue weighted by molar-refractivity contribution is 9.10. The highest BCUT2D eigenvalue weighted by Gasteiger charge is 2.26. The summed E-state index contributed by atoms with van der Waals surface area (Å²) >= 11 is 3.29. The van der Waals surface area contributed by atoms with E-state index in [1.807, 2.05) is 18.7 Å². The van der Waals surface area contributed by atoms with Gasteiger partial charge in [-0.1, -0.05) is 13.8 Å². The summed E-state index contributed by atoms with van der Waals surface area (Å²) in [5, 5.41) is 0. The van der Waals surface area contributed by atoms with Gasteiger partial charge in [-0.05, 0) is 28.1 Å². The number of rotatable bonds is 2. The Hall–Kier alpha value is -1.43. The van der Waals surface area contributed by atoms with E-state index in [0.29, 0.717) is 36.3 Å². The van der Waals surface area contributed by atoms with Gasteiger partial charge in [0.1, 0.15) is 4.60 Å². The van der Waals surface area contributed by atoms with E-state index in [9.17, 15) is 9.59 Å². The van der Waals surface area contributed by atoms with Gasteiger partial charge < -0.3 is 9.80 Å². The quantitative estimate of drug-likeness (QED) is 0.772. The number of halogens is 1. The largest absolute Gasteiger partial charge is 0.339 e. The first-order valence-corrected chi connectivity index (χ1v) is 7.48. The molecule has 0 unspecified atom stereocenters. The molecule has 0 atom stereocenters. The molecule has 1 aliphatic heterocycles. The van der Waals surface area contributed by atoms with Crippen molar-refractivity contribution in [1.29, 1.82) is 0 Å². The van der Waals surface area contributed by atoms with Crippen LogP contribution in [0.4, 0.5) is 0 Å². The Morgan fingerprint density at radius 3 is 2.35 bits per heavy atom. The van der Waals surface area contributed by atoms with Crippen molar-refractivity contribution in [3.05, 3.63) is 28.5 Å². The normalized spacial score (nSPS) is 15.6. The van der Waals surface area contributed by atoms with Crippen LogP contribution in [0.15, 0.2) is 22.9 Å². The number of amides is 2. The summed E-state index contributed by atoms with van der Waals surface area (Å²) in [4.78, 5) is 31.9. The van der Waals surface area contributed by atoms with Crippen molar-refractivity contribution in [3.8, 4) is 0 Å². The summed E-state index contributed by atoms with van der Waals surface area (Å²) in [6.07, 6.45) is 1.64. The molecule has 6 heteroatoms. The first kappa shape index (κ1) is 15.0. The zero-order chi connectivity index (χ0) is 14.7. The van der Waals surface area contributed by atoms with Crippen LogP contribution >= 0.6 is 15.9 Å². The summed E-state index contributed by atoms with van der Waals surface area (Å²) in [6, 6.07) is 3.50. The van der Waals surface area contributed by atoms with Crippen molar-refractivity contribution < 1.29 is 9.59 Å². The van der Waals surface area contributed by atoms with Crippen molar-refractivity contribution in [1.82, 2.24) is 14.8 Å². The SMILES string of the molecule is CC(C)C(=O)N1CCN(C(=O)c2cccnc2Br)CC1. The zero-order valence-corrected chi connectivity index (χ0v) is 13.3. The lowest BCUT2D eigenvalue weighted by molar-refractivity contribution is -0.135. The predicted molar refractivity (Wildman–Crippen MR) is 79.3 cm³/mol. The molecule has 1 aliphatic rings. The minimum Gasteiger partial charge on any atom is -0.339 e. The molecular formula is C14H18BrN3O2. The van der Waals surface area contributed by atoms with Crippen LogP contribution in [-0.2, 0) is 4.79 Å². The van der Waals surface area contributed by atoms with E-state index in [0.717, 1.165) is 0 Å². The van der Waals surface area contributed by atoms with Gasteiger partial charge in [-0.3, -0.25) is 9.59 Å². The van der Waals surface area contributed by atoms with Crippen LogP contribution in [0, 0.1) is 5.92 Å². The van der Waals surface area contributed by atoms with E-state index in [2.05, 4.69) is 20.9 Å². The van der Waals surface area contributed by atoms with E-state index < -0.39 is 0 Å². The Labute approximate surface area is 127 Å². The molecule has 0 radical (unpaired) electrons. The molecule has 2 rings (SSSR count). The molecule has 2 amide bonds. The van der Waals surface area contributed by atoms with E-state index in [4.69, 9.17) is 0 Å². The molecule has 0 spiro atoms. The van der Waals surface area contributed by atoms with Crippen molar-refractivity contribution in [2.45, 2.75) is 13.8 Å². The summed E-state index contributed by atoms with van der Waals surface area (Å²) in [6.45, 7) is 6.12. The fourth-order valence-electron chi connectivity index (χ4n) is 2.21. The first-order chi connectivity index (χ1) is 9.50. The third-order valence-electron chi connectivity index (χ3n) is 3.36. The Balaban J connectivity index is 1.99. The minimum absolute atomic E-state index is 0.00437. The van der Waals surface area contributed by atoms with Crippen LogP contribution in [0.5, 0.6) is 0 Å². The molecule has 0 N–H and O–H groups in total. The molecule has 1 fully saturated rings. The molecule has 1 saturated heterocycles. The van der Waals surface area contributed by atoms with Crippen LogP contribution in [0.1, 0.15) is 24.2 Å². The first-order valence-electron chi connectivity index (χ1n) is 6.69. The Morgan fingerprint density at radius 1 is 1.20 bits per heavy atom. The molecule has 5 nitrogen and oxygen atoms in total. The topological polar surface area (TPSA) is 53.5 Å². The number of nitrogens with zero attached hydrogens (tertiary/aromatic N) is 3. The lowest BCUT2D eigenvalue weighted by Crippen LogP contribution is -2.51. The minimum atomic E-state index is -0.0402. The predicted octanol–water partition coefficient (Wildman–Crippen LogP) is 1.78. The highest BCUT2D eigenvalue weighted by atomic mass is 79.9. The maximum atomic E-state index is 12.4. The average molecular weight is 340 g/mol. The van der Waals surface area contributed by atoms with Gasteiger partial charge in [0.05, 0.1) is 5.56 Å². The van der Waals surface area contributed by atoms with Gasteiger partial charge >= 0.3 is 0 Å². The second-order valence-corrected chi connectivity index (χ2v) is 5.87. The highest BCUT2D eigenvalue weighted by Crippen LogP contribution is 2.16. The molecular weight excluding hydrogens is 322 g/mol. The lowest BCUT2D eigenvalue weighted by Gasteiger charge is -2.35. The van der Waals surface area contributed by atoms with Crippen LogP contribution in [0.3, 0.4) is 0 Å². The van der Waals surface area contributed by atoms with Gasteiger partial charge in [0, 0.05) is 38.3 Å². The van der Waals surface area contributed by atoms with E-state index in [1.54, 1.807) is 23.2 Å². The van der Waals surface area contributed by atoms with Crippen molar-refractivity contribution >= 4 is 27.7 Å². The molecule has 0 bridgehead atoms. The second-order valence-electron chi connectivity index (χ2n) is 5.11. The fraction of sp³-hybridized carbons (Fsp3) is 0.500. The molecule has 0 saturated carbocycles. The average Bonchev–Trinajstić information content (AvgIpc) is 2.46. The monoisotopic (exact) mass is 339 g/mol. The molecule has 0 aliphatic carbocycles. The number of piperazine rings is 1. The van der Waals surface area contributed by atoms with Crippen LogP contribution < -0.4 is 0 Å². The Bertz CT molecular complexity index is 511. The summed E-state index contributed by atoms with van der Waals surface area (Å²) < 4.78 is 0.561. The number of carbonyl (C=O) groups is 2. The number of hydrogen-bond acceptors (Lipinski definition) is 3. The molecule has 20 heavy (non-hydrogen) atoms. The van der Waals surface area contributed by atoms with E-state index in [1.165, 1.54) is 0 Å². The van der Waals surface area contributed by atoms with Gasteiger partial charge in [0.2, 0.25) is 5.91 Å². The van der Waals surface area contributed by atoms with E-state index in [-0.39, 0.29) is 17.7 Å². The molecule has 1 aromatic heterocycles. The summed E-state index contributed by atoms with van der Waals surface area (Å²) in [5.74, 6) is 0.117. The van der Waals surface area contributed by atoms with Crippen LogP contribution in [0.2, 0.25) is 0 Å². The lowest BCUT2D eigenvalue weighted by atomic mass is 10.1. The number of hydrogen-bond donors (Lipinski definition) is 0. The fourth-order valence-corrected chi connectivity index (χ4v) is 2.63. The van der Waals surface area contributed by atoms with Crippen molar-refractivity contribution in [2.75, 3.05) is 26.2 Å². The van der Waals surface area contributed by atoms with E-state index >= 15 is 0 Å². The maximum absolute atomic E-state index is 12.4. The van der Waals surface area contributed by atoms with Crippen molar-refractivity contribution in [3.63, 3.8) is 0 Å². The maximum Gasteiger partial charge on any atom is 0.256 e. The van der Waals surface area contributed by atoms with Gasteiger partial charge in [-0.25, -0.2) is 4.98 Å².